The van der Waals surface area contributed by atoms with Gasteiger partial charge in [-0.15, -0.1) is 0 Å². The van der Waals surface area contributed by atoms with Gasteiger partial charge in [0.1, 0.15) is 5.76 Å². The first kappa shape index (κ1) is 14.4. The number of hydrogen-bond donors (Lipinski definition) is 2. The van der Waals surface area contributed by atoms with Crippen LogP contribution < -0.4 is 10.6 Å². The van der Waals surface area contributed by atoms with Crippen molar-refractivity contribution in [2.75, 3.05) is 19.6 Å². The molecule has 1 aliphatic rings. The first-order chi connectivity index (χ1) is 10.4. The standard InChI is InChI=1S/C18H24N2O/c1-2-5-15(6-3-1)17(18-7-4-14-21-18)10-13-20-16-8-11-19-12-9-16/h1-7,14,16-17,19-20H,8-13H2/t17-/m1/s1. The number of rotatable bonds is 6. The lowest BCUT2D eigenvalue weighted by molar-refractivity contribution is 0.377. The summed E-state index contributed by atoms with van der Waals surface area (Å²) in [5, 5.41) is 7.11. The molecule has 0 aliphatic carbocycles. The van der Waals surface area contributed by atoms with Crippen LogP contribution in [0.5, 0.6) is 0 Å². The van der Waals surface area contributed by atoms with Gasteiger partial charge in [-0.05, 0) is 56.6 Å². The fraction of sp³-hybridized carbons (Fsp3) is 0.444. The predicted octanol–water partition coefficient (Wildman–Crippen LogP) is 3.14. The highest BCUT2D eigenvalue weighted by Gasteiger charge is 2.18. The minimum Gasteiger partial charge on any atom is -0.469 e. The summed E-state index contributed by atoms with van der Waals surface area (Å²) in [7, 11) is 0. The maximum absolute atomic E-state index is 5.65. The van der Waals surface area contributed by atoms with Gasteiger partial charge in [-0.25, -0.2) is 0 Å². The average molecular weight is 284 g/mol. The van der Waals surface area contributed by atoms with Gasteiger partial charge in [0, 0.05) is 12.0 Å². The zero-order valence-corrected chi connectivity index (χ0v) is 12.4. The van der Waals surface area contributed by atoms with Crippen LogP contribution in [0.25, 0.3) is 0 Å². The van der Waals surface area contributed by atoms with E-state index in [1.807, 2.05) is 6.07 Å². The molecule has 1 aromatic carbocycles. The molecule has 0 radical (unpaired) electrons. The summed E-state index contributed by atoms with van der Waals surface area (Å²) in [6.07, 6.45) is 5.31. The third-order valence-electron chi connectivity index (χ3n) is 4.29. The van der Waals surface area contributed by atoms with Crippen molar-refractivity contribution in [1.82, 2.24) is 10.6 Å². The highest BCUT2D eigenvalue weighted by Crippen LogP contribution is 2.27. The Morgan fingerprint density at radius 3 is 2.62 bits per heavy atom. The monoisotopic (exact) mass is 284 g/mol. The molecule has 0 spiro atoms. The average Bonchev–Trinajstić information content (AvgIpc) is 3.07. The molecular formula is C18H24N2O. The van der Waals surface area contributed by atoms with Crippen LogP contribution in [0.1, 0.15) is 36.5 Å². The summed E-state index contributed by atoms with van der Waals surface area (Å²) < 4.78 is 5.65. The van der Waals surface area contributed by atoms with Crippen LogP contribution in [0.15, 0.2) is 53.1 Å². The Bertz CT molecular complexity index is 503. The van der Waals surface area contributed by atoms with Gasteiger partial charge in [-0.3, -0.25) is 0 Å². The van der Waals surface area contributed by atoms with Crippen molar-refractivity contribution in [2.24, 2.45) is 0 Å². The summed E-state index contributed by atoms with van der Waals surface area (Å²) in [5.74, 6) is 1.41. The Morgan fingerprint density at radius 1 is 1.10 bits per heavy atom. The number of piperidine rings is 1. The van der Waals surface area contributed by atoms with E-state index in [0.717, 1.165) is 31.8 Å². The molecule has 3 heteroatoms. The Kier molecular flexibility index (Phi) is 5.08. The first-order valence-electron chi connectivity index (χ1n) is 7.96. The first-order valence-corrected chi connectivity index (χ1v) is 7.96. The van der Waals surface area contributed by atoms with Crippen molar-refractivity contribution >= 4 is 0 Å². The molecule has 3 rings (SSSR count). The van der Waals surface area contributed by atoms with Crippen LogP contribution in [-0.4, -0.2) is 25.7 Å². The van der Waals surface area contributed by atoms with Crippen LogP contribution >= 0.6 is 0 Å². The van der Waals surface area contributed by atoms with E-state index in [0.29, 0.717) is 12.0 Å². The van der Waals surface area contributed by atoms with Crippen LogP contribution in [0.2, 0.25) is 0 Å². The van der Waals surface area contributed by atoms with E-state index >= 15 is 0 Å². The molecule has 2 N–H and O–H groups in total. The lowest BCUT2D eigenvalue weighted by atomic mass is 9.93. The van der Waals surface area contributed by atoms with Gasteiger partial charge >= 0.3 is 0 Å². The highest BCUT2D eigenvalue weighted by molar-refractivity contribution is 5.27. The zero-order chi connectivity index (χ0) is 14.3. The molecular weight excluding hydrogens is 260 g/mol. The lowest BCUT2D eigenvalue weighted by Gasteiger charge is -2.25. The SMILES string of the molecule is c1ccc([C@@H](CCNC2CCNCC2)c2ccco2)cc1. The van der Waals surface area contributed by atoms with Gasteiger partial charge < -0.3 is 15.1 Å². The van der Waals surface area contributed by atoms with Gasteiger partial charge in [-0.1, -0.05) is 30.3 Å². The predicted molar refractivity (Wildman–Crippen MR) is 85.5 cm³/mol. The summed E-state index contributed by atoms with van der Waals surface area (Å²) in [6, 6.07) is 15.4. The summed E-state index contributed by atoms with van der Waals surface area (Å²) in [5.41, 5.74) is 1.33. The Hall–Kier alpha value is -1.58. The van der Waals surface area contributed by atoms with E-state index in [4.69, 9.17) is 4.42 Å². The van der Waals surface area contributed by atoms with E-state index in [-0.39, 0.29) is 0 Å². The topological polar surface area (TPSA) is 37.2 Å². The third kappa shape index (κ3) is 3.96. The Balaban J connectivity index is 1.60. The summed E-state index contributed by atoms with van der Waals surface area (Å²) in [6.45, 7) is 3.31. The molecule has 1 atom stereocenters. The minimum atomic E-state index is 0.343. The molecule has 0 saturated carbocycles. The van der Waals surface area contributed by atoms with E-state index < -0.39 is 0 Å². The molecule has 112 valence electrons. The normalized spacial score (nSPS) is 17.7. The number of hydrogen-bond acceptors (Lipinski definition) is 3. The van der Waals surface area contributed by atoms with Crippen LogP contribution in [0.3, 0.4) is 0 Å². The Labute approximate surface area is 126 Å². The molecule has 0 amide bonds. The molecule has 0 bridgehead atoms. The number of benzene rings is 1. The van der Waals surface area contributed by atoms with Crippen molar-refractivity contribution in [1.29, 1.82) is 0 Å². The fourth-order valence-electron chi connectivity index (χ4n) is 3.11. The van der Waals surface area contributed by atoms with E-state index in [9.17, 15) is 0 Å². The van der Waals surface area contributed by atoms with Crippen molar-refractivity contribution < 1.29 is 4.42 Å². The van der Waals surface area contributed by atoms with Crippen molar-refractivity contribution in [2.45, 2.75) is 31.2 Å². The number of nitrogens with one attached hydrogen (secondary N) is 2. The maximum atomic E-state index is 5.65. The van der Waals surface area contributed by atoms with Crippen molar-refractivity contribution in [3.05, 3.63) is 60.1 Å². The molecule has 0 unspecified atom stereocenters. The molecule has 1 saturated heterocycles. The second-order valence-electron chi connectivity index (χ2n) is 5.75. The fourth-order valence-corrected chi connectivity index (χ4v) is 3.11. The number of furan rings is 1. The lowest BCUT2D eigenvalue weighted by Crippen LogP contribution is -2.40. The largest absolute Gasteiger partial charge is 0.469 e. The van der Waals surface area contributed by atoms with Crippen molar-refractivity contribution in [3.63, 3.8) is 0 Å². The second-order valence-corrected chi connectivity index (χ2v) is 5.75. The molecule has 3 nitrogen and oxygen atoms in total. The van der Waals surface area contributed by atoms with E-state index in [1.165, 1.54) is 18.4 Å². The van der Waals surface area contributed by atoms with Crippen LogP contribution in [-0.2, 0) is 0 Å². The summed E-state index contributed by atoms with van der Waals surface area (Å²) in [4.78, 5) is 0. The Morgan fingerprint density at radius 2 is 1.90 bits per heavy atom. The second kappa shape index (κ2) is 7.43. The molecule has 1 aromatic heterocycles. The van der Waals surface area contributed by atoms with Gasteiger partial charge in [0.2, 0.25) is 0 Å². The van der Waals surface area contributed by atoms with Crippen LogP contribution in [0, 0.1) is 0 Å². The van der Waals surface area contributed by atoms with Crippen LogP contribution in [0.4, 0.5) is 0 Å². The third-order valence-corrected chi connectivity index (χ3v) is 4.29. The maximum Gasteiger partial charge on any atom is 0.111 e. The molecule has 2 heterocycles. The molecule has 1 aliphatic heterocycles. The summed E-state index contributed by atoms with van der Waals surface area (Å²) >= 11 is 0. The minimum absolute atomic E-state index is 0.343. The smallest absolute Gasteiger partial charge is 0.111 e. The van der Waals surface area contributed by atoms with Gasteiger partial charge in [0.05, 0.1) is 6.26 Å². The quantitative estimate of drug-likeness (QED) is 0.855. The van der Waals surface area contributed by atoms with Crippen molar-refractivity contribution in [3.8, 4) is 0 Å². The van der Waals surface area contributed by atoms with Gasteiger partial charge in [0.15, 0.2) is 0 Å². The van der Waals surface area contributed by atoms with Gasteiger partial charge in [-0.2, -0.15) is 0 Å². The highest BCUT2D eigenvalue weighted by atomic mass is 16.3. The molecule has 21 heavy (non-hydrogen) atoms. The van der Waals surface area contributed by atoms with E-state index in [2.05, 4.69) is 47.0 Å². The van der Waals surface area contributed by atoms with E-state index in [1.54, 1.807) is 6.26 Å². The zero-order valence-electron chi connectivity index (χ0n) is 12.4. The molecule has 2 aromatic rings. The van der Waals surface area contributed by atoms with Gasteiger partial charge in [0.25, 0.3) is 0 Å². The molecule has 1 fully saturated rings.